The molecule has 1 aliphatic rings. The van der Waals surface area contributed by atoms with Crippen molar-refractivity contribution in [3.8, 4) is 0 Å². The van der Waals surface area contributed by atoms with Crippen molar-refractivity contribution in [2.75, 3.05) is 18.6 Å². The van der Waals surface area contributed by atoms with Crippen molar-refractivity contribution in [1.82, 2.24) is 15.1 Å². The summed E-state index contributed by atoms with van der Waals surface area (Å²) in [4.78, 5) is 0. The van der Waals surface area contributed by atoms with Crippen LogP contribution >= 0.6 is 11.8 Å². The van der Waals surface area contributed by atoms with Gasteiger partial charge < -0.3 is 5.32 Å². The summed E-state index contributed by atoms with van der Waals surface area (Å²) < 4.78 is 2.11. The summed E-state index contributed by atoms with van der Waals surface area (Å²) in [7, 11) is 2.09. The number of hydrogen-bond acceptors (Lipinski definition) is 3. The molecule has 2 atom stereocenters. The van der Waals surface area contributed by atoms with Crippen molar-refractivity contribution in [3.63, 3.8) is 0 Å². The highest BCUT2D eigenvalue weighted by Gasteiger charge is 2.19. The van der Waals surface area contributed by atoms with E-state index in [0.717, 1.165) is 18.8 Å². The zero-order valence-electron chi connectivity index (χ0n) is 13.1. The normalized spacial score (nSPS) is 19.9. The van der Waals surface area contributed by atoms with Gasteiger partial charge in [-0.15, -0.1) is 0 Å². The van der Waals surface area contributed by atoms with E-state index >= 15 is 0 Å². The van der Waals surface area contributed by atoms with Crippen LogP contribution in [0.1, 0.15) is 51.3 Å². The van der Waals surface area contributed by atoms with Crippen LogP contribution in [-0.2, 0) is 6.42 Å². The van der Waals surface area contributed by atoms with Crippen LogP contribution in [-0.4, -0.2) is 34.4 Å². The van der Waals surface area contributed by atoms with Gasteiger partial charge in [0, 0.05) is 24.7 Å². The Morgan fingerprint density at radius 3 is 2.85 bits per heavy atom. The molecule has 1 fully saturated rings. The minimum Gasteiger partial charge on any atom is -0.317 e. The van der Waals surface area contributed by atoms with Crippen LogP contribution in [0.4, 0.5) is 0 Å². The summed E-state index contributed by atoms with van der Waals surface area (Å²) in [6, 6.07) is 3.27. The van der Waals surface area contributed by atoms with E-state index in [4.69, 9.17) is 5.10 Å². The van der Waals surface area contributed by atoms with Gasteiger partial charge in [0.2, 0.25) is 0 Å². The second-order valence-corrected chi connectivity index (χ2v) is 7.25. The zero-order valence-corrected chi connectivity index (χ0v) is 14.0. The summed E-state index contributed by atoms with van der Waals surface area (Å²) in [6.45, 7) is 4.44. The lowest BCUT2D eigenvalue weighted by molar-refractivity contribution is 0.372. The number of aromatic nitrogens is 2. The highest BCUT2D eigenvalue weighted by atomic mass is 32.2. The molecule has 1 aromatic rings. The smallest absolute Gasteiger partial charge is 0.0640 e. The fourth-order valence-corrected chi connectivity index (χ4v) is 4.06. The molecule has 2 unspecified atom stereocenters. The van der Waals surface area contributed by atoms with Crippen LogP contribution < -0.4 is 5.32 Å². The predicted molar refractivity (Wildman–Crippen MR) is 88.4 cm³/mol. The van der Waals surface area contributed by atoms with E-state index in [9.17, 15) is 0 Å². The van der Waals surface area contributed by atoms with E-state index in [1.807, 2.05) is 0 Å². The Balaban J connectivity index is 1.87. The van der Waals surface area contributed by atoms with Crippen molar-refractivity contribution in [2.24, 2.45) is 5.92 Å². The summed E-state index contributed by atoms with van der Waals surface area (Å²) in [5.74, 6) is 3.61. The first kappa shape index (κ1) is 15.9. The van der Waals surface area contributed by atoms with Crippen molar-refractivity contribution >= 4 is 11.8 Å². The van der Waals surface area contributed by atoms with Gasteiger partial charge in [-0.1, -0.05) is 6.92 Å². The molecule has 1 saturated heterocycles. The van der Waals surface area contributed by atoms with Crippen molar-refractivity contribution in [2.45, 2.75) is 58.0 Å². The molecule has 0 aromatic carbocycles. The van der Waals surface area contributed by atoms with Gasteiger partial charge in [0.25, 0.3) is 0 Å². The summed E-state index contributed by atoms with van der Waals surface area (Å²) in [6.07, 6.45) is 8.41. The second kappa shape index (κ2) is 8.08. The van der Waals surface area contributed by atoms with E-state index in [1.54, 1.807) is 0 Å². The van der Waals surface area contributed by atoms with E-state index < -0.39 is 0 Å². The van der Waals surface area contributed by atoms with Crippen LogP contribution in [0.5, 0.6) is 0 Å². The molecule has 4 heteroatoms. The van der Waals surface area contributed by atoms with E-state index in [0.29, 0.717) is 12.1 Å². The highest BCUT2D eigenvalue weighted by molar-refractivity contribution is 7.99. The molecule has 3 nitrogen and oxygen atoms in total. The maximum atomic E-state index is 4.73. The van der Waals surface area contributed by atoms with Crippen LogP contribution in [0.2, 0.25) is 0 Å². The predicted octanol–water partition coefficient (Wildman–Crippen LogP) is 3.52. The third-order valence-electron chi connectivity index (χ3n) is 4.53. The molecule has 0 bridgehead atoms. The van der Waals surface area contributed by atoms with E-state index in [2.05, 4.69) is 54.9 Å². The Morgan fingerprint density at radius 2 is 2.20 bits per heavy atom. The fraction of sp³-hybridized carbons (Fsp3) is 0.812. The molecular formula is C16H29N3S. The Kier molecular flexibility index (Phi) is 6.43. The lowest BCUT2D eigenvalue weighted by Gasteiger charge is -2.25. The van der Waals surface area contributed by atoms with Gasteiger partial charge in [-0.25, -0.2) is 0 Å². The minimum atomic E-state index is 0.507. The lowest BCUT2D eigenvalue weighted by atomic mass is 9.92. The lowest BCUT2D eigenvalue weighted by Crippen LogP contribution is -2.31. The van der Waals surface area contributed by atoms with E-state index in [-0.39, 0.29) is 0 Å². The Hall–Kier alpha value is -0.480. The van der Waals surface area contributed by atoms with Gasteiger partial charge in [-0.2, -0.15) is 16.9 Å². The molecular weight excluding hydrogens is 266 g/mol. The molecule has 0 aliphatic carbocycles. The van der Waals surface area contributed by atoms with Crippen molar-refractivity contribution < 1.29 is 0 Å². The molecule has 2 heterocycles. The monoisotopic (exact) mass is 295 g/mol. The van der Waals surface area contributed by atoms with Crippen LogP contribution in [0.25, 0.3) is 0 Å². The number of nitrogens with zero attached hydrogens (tertiary/aromatic N) is 2. The topological polar surface area (TPSA) is 29.9 Å². The number of likely N-dealkylation sites (N-methyl/N-ethyl adjacent to an activating group) is 1. The summed E-state index contributed by atoms with van der Waals surface area (Å²) >= 11 is 2.11. The molecule has 1 aliphatic heterocycles. The number of thioether (sulfide) groups is 1. The number of nitrogens with one attached hydrogen (secondary N) is 1. The molecule has 0 spiro atoms. The highest BCUT2D eigenvalue weighted by Crippen LogP contribution is 2.27. The first-order valence-corrected chi connectivity index (χ1v) is 9.17. The average Bonchev–Trinajstić information content (AvgIpc) is 2.95. The molecule has 1 N–H and O–H groups in total. The maximum Gasteiger partial charge on any atom is 0.0640 e. The van der Waals surface area contributed by atoms with Crippen molar-refractivity contribution in [1.29, 1.82) is 0 Å². The fourth-order valence-electron chi connectivity index (χ4n) is 2.86. The molecule has 0 radical (unpaired) electrons. The van der Waals surface area contributed by atoms with Crippen molar-refractivity contribution in [3.05, 3.63) is 18.0 Å². The van der Waals surface area contributed by atoms with Gasteiger partial charge >= 0.3 is 0 Å². The number of rotatable bonds is 7. The Morgan fingerprint density at radius 1 is 1.45 bits per heavy atom. The second-order valence-electron chi connectivity index (χ2n) is 6.03. The Labute approximate surface area is 127 Å². The zero-order chi connectivity index (χ0) is 14.4. The first-order valence-electron chi connectivity index (χ1n) is 8.02. The van der Waals surface area contributed by atoms with Crippen LogP contribution in [0.15, 0.2) is 12.3 Å². The molecule has 0 amide bonds. The SMILES string of the molecule is CCC(C)n1ccc(CC(CC2CCSCC2)NC)n1. The number of hydrogen-bond donors (Lipinski definition) is 1. The molecule has 1 aromatic heterocycles. The summed E-state index contributed by atoms with van der Waals surface area (Å²) in [5.41, 5.74) is 1.23. The van der Waals surface area contributed by atoms with Gasteiger partial charge in [-0.05, 0) is 63.1 Å². The van der Waals surface area contributed by atoms with Gasteiger partial charge in [0.1, 0.15) is 0 Å². The van der Waals surface area contributed by atoms with Gasteiger partial charge in [0.05, 0.1) is 5.69 Å². The molecule has 114 valence electrons. The minimum absolute atomic E-state index is 0.507. The Bertz CT molecular complexity index is 385. The third-order valence-corrected chi connectivity index (χ3v) is 5.58. The van der Waals surface area contributed by atoms with Gasteiger partial charge in [0.15, 0.2) is 0 Å². The maximum absolute atomic E-state index is 4.73. The largest absolute Gasteiger partial charge is 0.317 e. The van der Waals surface area contributed by atoms with Crippen LogP contribution in [0, 0.1) is 5.92 Å². The van der Waals surface area contributed by atoms with Gasteiger partial charge in [-0.3, -0.25) is 4.68 Å². The molecule has 2 rings (SSSR count). The van der Waals surface area contributed by atoms with Crippen LogP contribution in [0.3, 0.4) is 0 Å². The molecule has 0 saturated carbocycles. The summed E-state index contributed by atoms with van der Waals surface area (Å²) in [5, 5.41) is 8.23. The van der Waals surface area contributed by atoms with E-state index in [1.165, 1.54) is 36.5 Å². The third kappa shape index (κ3) is 4.52. The quantitative estimate of drug-likeness (QED) is 0.835. The average molecular weight is 295 g/mol. The molecule has 20 heavy (non-hydrogen) atoms. The first-order chi connectivity index (χ1) is 9.72. The standard InChI is InChI=1S/C16H29N3S/c1-4-13(2)19-8-5-15(18-19)12-16(17-3)11-14-6-9-20-10-7-14/h5,8,13-14,16-17H,4,6-7,9-12H2,1-3H3.